The first-order valence-electron chi connectivity index (χ1n) is 14.6. The van der Waals surface area contributed by atoms with E-state index >= 15 is 0 Å². The molecule has 6 rings (SSSR count). The predicted octanol–water partition coefficient (Wildman–Crippen LogP) is 7.22. The SMILES string of the molecule is CCCCSc1ccc(-c2nn(-c3ccccc3)cc2C=C2SC(N3CCN(Cc4ccccc4)CC3)=NC2=O)cc1. The molecule has 214 valence electrons. The number of amides is 1. The molecule has 2 aliphatic heterocycles. The molecule has 0 bridgehead atoms. The Morgan fingerprint density at radius 1 is 0.905 bits per heavy atom. The number of carbonyl (C=O) groups is 1. The molecule has 3 heterocycles. The molecule has 8 heteroatoms. The second-order valence-electron chi connectivity index (χ2n) is 10.5. The number of nitrogens with zero attached hydrogens (tertiary/aromatic N) is 5. The summed E-state index contributed by atoms with van der Waals surface area (Å²) in [4.78, 5) is 24.2. The van der Waals surface area contributed by atoms with Gasteiger partial charge in [0.15, 0.2) is 5.17 Å². The van der Waals surface area contributed by atoms with E-state index in [1.165, 1.54) is 35.1 Å². The molecule has 1 amide bonds. The van der Waals surface area contributed by atoms with Crippen LogP contribution in [0.5, 0.6) is 0 Å². The van der Waals surface area contributed by atoms with E-state index in [2.05, 4.69) is 76.3 Å². The Morgan fingerprint density at radius 3 is 2.33 bits per heavy atom. The van der Waals surface area contributed by atoms with E-state index in [1.54, 1.807) is 0 Å². The Labute approximate surface area is 256 Å². The number of amidine groups is 1. The standard InChI is InChI=1S/C34H35N5OS2/c1-2-3-22-41-30-16-14-27(15-17-30)32-28(25-39(36-32)29-12-8-5-9-13-29)23-31-33(40)35-34(42-31)38-20-18-37(19-21-38)24-26-10-6-4-7-11-26/h4-17,23,25H,2-3,18-22,24H2,1H3. The van der Waals surface area contributed by atoms with Crippen LogP contribution in [0.3, 0.4) is 0 Å². The van der Waals surface area contributed by atoms with Gasteiger partial charge in [-0.2, -0.15) is 10.1 Å². The van der Waals surface area contributed by atoms with Gasteiger partial charge in [0.05, 0.1) is 16.3 Å². The first kappa shape index (κ1) is 28.5. The summed E-state index contributed by atoms with van der Waals surface area (Å²) < 4.78 is 1.89. The number of para-hydroxylation sites is 1. The van der Waals surface area contributed by atoms with Crippen LogP contribution in [0, 0.1) is 0 Å². The fraction of sp³-hybridized carbons (Fsp3) is 0.265. The lowest BCUT2D eigenvalue weighted by molar-refractivity contribution is -0.113. The van der Waals surface area contributed by atoms with E-state index < -0.39 is 0 Å². The van der Waals surface area contributed by atoms with Gasteiger partial charge >= 0.3 is 0 Å². The number of thioether (sulfide) groups is 2. The van der Waals surface area contributed by atoms with Gasteiger partial charge in [-0.15, -0.1) is 11.8 Å². The van der Waals surface area contributed by atoms with Crippen molar-refractivity contribution < 1.29 is 4.79 Å². The molecule has 0 aliphatic carbocycles. The maximum atomic E-state index is 13.1. The van der Waals surface area contributed by atoms with Crippen LogP contribution in [-0.4, -0.2) is 62.6 Å². The number of benzene rings is 3. The lowest BCUT2D eigenvalue weighted by Gasteiger charge is -2.35. The molecule has 1 fully saturated rings. The summed E-state index contributed by atoms with van der Waals surface area (Å²) in [5, 5.41) is 5.77. The highest BCUT2D eigenvalue weighted by atomic mass is 32.2. The molecular weight excluding hydrogens is 559 g/mol. The maximum absolute atomic E-state index is 13.1. The molecule has 3 aromatic carbocycles. The van der Waals surface area contributed by atoms with Gasteiger partial charge in [0.1, 0.15) is 0 Å². The molecule has 0 unspecified atom stereocenters. The van der Waals surface area contributed by atoms with E-state index in [-0.39, 0.29) is 5.91 Å². The summed E-state index contributed by atoms with van der Waals surface area (Å²) in [5.74, 6) is 0.947. The van der Waals surface area contributed by atoms with Crippen molar-refractivity contribution in [1.29, 1.82) is 0 Å². The van der Waals surface area contributed by atoms with Gasteiger partial charge in [0.25, 0.3) is 5.91 Å². The Morgan fingerprint density at radius 2 is 1.62 bits per heavy atom. The summed E-state index contributed by atoms with van der Waals surface area (Å²) in [7, 11) is 0. The predicted molar refractivity (Wildman–Crippen MR) is 176 cm³/mol. The Kier molecular flexibility index (Phi) is 9.23. The summed E-state index contributed by atoms with van der Waals surface area (Å²) in [6.07, 6.45) is 6.38. The quantitative estimate of drug-likeness (QED) is 0.116. The van der Waals surface area contributed by atoms with Crippen molar-refractivity contribution in [1.82, 2.24) is 19.6 Å². The first-order chi connectivity index (χ1) is 20.7. The molecule has 0 saturated carbocycles. The second-order valence-corrected chi connectivity index (χ2v) is 12.7. The van der Waals surface area contributed by atoms with Crippen molar-refractivity contribution in [3.63, 3.8) is 0 Å². The monoisotopic (exact) mass is 593 g/mol. The highest BCUT2D eigenvalue weighted by Crippen LogP contribution is 2.34. The zero-order chi connectivity index (χ0) is 28.7. The number of aromatic nitrogens is 2. The molecule has 42 heavy (non-hydrogen) atoms. The molecule has 1 saturated heterocycles. The molecule has 0 atom stereocenters. The van der Waals surface area contributed by atoms with Crippen LogP contribution >= 0.6 is 23.5 Å². The van der Waals surface area contributed by atoms with E-state index in [9.17, 15) is 4.79 Å². The molecule has 1 aromatic heterocycles. The summed E-state index contributed by atoms with van der Waals surface area (Å²) in [6.45, 7) is 6.78. The highest BCUT2D eigenvalue weighted by Gasteiger charge is 2.29. The van der Waals surface area contributed by atoms with E-state index in [1.807, 2.05) is 59.0 Å². The Hall–Kier alpha value is -3.59. The smallest absolute Gasteiger partial charge is 0.286 e. The Bertz CT molecular complexity index is 1560. The number of carbonyl (C=O) groups excluding carboxylic acids is 1. The summed E-state index contributed by atoms with van der Waals surface area (Å²) >= 11 is 3.36. The van der Waals surface area contributed by atoms with Gasteiger partial charge < -0.3 is 4.90 Å². The third kappa shape index (κ3) is 6.89. The zero-order valence-electron chi connectivity index (χ0n) is 23.9. The molecule has 0 radical (unpaired) electrons. The van der Waals surface area contributed by atoms with Crippen molar-refractivity contribution in [2.45, 2.75) is 31.2 Å². The zero-order valence-corrected chi connectivity index (χ0v) is 25.5. The van der Waals surface area contributed by atoms with Crippen LogP contribution in [0.1, 0.15) is 30.9 Å². The number of aliphatic imine (C=N–C) groups is 1. The van der Waals surface area contributed by atoms with Gasteiger partial charge in [-0.1, -0.05) is 74.0 Å². The number of hydrogen-bond acceptors (Lipinski definition) is 6. The van der Waals surface area contributed by atoms with Gasteiger partial charge in [-0.05, 0) is 59.8 Å². The van der Waals surface area contributed by atoms with Gasteiger partial charge in [-0.25, -0.2) is 4.68 Å². The molecule has 2 aliphatic rings. The fourth-order valence-electron chi connectivity index (χ4n) is 5.09. The van der Waals surface area contributed by atoms with Crippen LogP contribution in [0.25, 0.3) is 23.0 Å². The minimum Gasteiger partial charge on any atom is -0.348 e. The molecule has 6 nitrogen and oxygen atoms in total. The Balaban J connectivity index is 1.19. The second kappa shape index (κ2) is 13.6. The van der Waals surface area contributed by atoms with E-state index in [0.29, 0.717) is 4.91 Å². The van der Waals surface area contributed by atoms with Gasteiger partial charge in [-0.3, -0.25) is 9.69 Å². The van der Waals surface area contributed by atoms with E-state index in [0.717, 1.165) is 66.2 Å². The van der Waals surface area contributed by atoms with Gasteiger partial charge in [0, 0.05) is 54.9 Å². The van der Waals surface area contributed by atoms with Crippen LogP contribution in [-0.2, 0) is 11.3 Å². The topological polar surface area (TPSA) is 53.7 Å². The third-order valence-electron chi connectivity index (χ3n) is 7.45. The molecule has 4 aromatic rings. The van der Waals surface area contributed by atoms with Crippen molar-refractivity contribution in [3.05, 3.63) is 107 Å². The van der Waals surface area contributed by atoms with Crippen LogP contribution in [0.2, 0.25) is 0 Å². The average Bonchev–Trinajstić information content (AvgIpc) is 3.62. The first-order valence-corrected chi connectivity index (χ1v) is 16.4. The average molecular weight is 594 g/mol. The molecule has 0 N–H and O–H groups in total. The van der Waals surface area contributed by atoms with Crippen LogP contribution in [0.15, 0.2) is 106 Å². The van der Waals surface area contributed by atoms with Crippen molar-refractivity contribution in [3.8, 4) is 16.9 Å². The summed E-state index contributed by atoms with van der Waals surface area (Å²) in [5.41, 5.74) is 5.10. The van der Waals surface area contributed by atoms with Crippen molar-refractivity contribution >= 4 is 40.7 Å². The molecule has 0 spiro atoms. The minimum absolute atomic E-state index is 0.178. The summed E-state index contributed by atoms with van der Waals surface area (Å²) in [6, 6.07) is 29.3. The van der Waals surface area contributed by atoms with E-state index in [4.69, 9.17) is 5.10 Å². The third-order valence-corrected chi connectivity index (χ3v) is 9.59. The van der Waals surface area contributed by atoms with Crippen molar-refractivity contribution in [2.75, 3.05) is 31.9 Å². The number of hydrogen-bond donors (Lipinski definition) is 0. The van der Waals surface area contributed by atoms with Crippen LogP contribution in [0.4, 0.5) is 0 Å². The van der Waals surface area contributed by atoms with Crippen LogP contribution < -0.4 is 0 Å². The number of piperazine rings is 1. The molecular formula is C34H35N5OS2. The highest BCUT2D eigenvalue weighted by molar-refractivity contribution is 8.18. The minimum atomic E-state index is -0.178. The van der Waals surface area contributed by atoms with Crippen molar-refractivity contribution in [2.24, 2.45) is 4.99 Å². The number of rotatable bonds is 9. The largest absolute Gasteiger partial charge is 0.348 e. The fourth-order valence-corrected chi connectivity index (χ4v) is 7.04. The lowest BCUT2D eigenvalue weighted by Crippen LogP contribution is -2.47. The lowest BCUT2D eigenvalue weighted by atomic mass is 10.1. The normalized spacial score (nSPS) is 16.8. The number of unbranched alkanes of at least 4 members (excludes halogenated alkanes) is 1. The van der Waals surface area contributed by atoms with Gasteiger partial charge in [0.2, 0.25) is 0 Å². The maximum Gasteiger partial charge on any atom is 0.286 e.